The highest BCUT2D eigenvalue weighted by Crippen LogP contribution is 2.24. The van der Waals surface area contributed by atoms with E-state index in [-0.39, 0.29) is 32.1 Å². The van der Waals surface area contributed by atoms with Gasteiger partial charge in [0.25, 0.3) is 0 Å². The van der Waals surface area contributed by atoms with Gasteiger partial charge in [-0.15, -0.1) is 0 Å². The van der Waals surface area contributed by atoms with Crippen LogP contribution in [0.15, 0.2) is 48.5 Å². The maximum absolute atomic E-state index is 12.8. The van der Waals surface area contributed by atoms with Gasteiger partial charge in [-0.1, -0.05) is 18.2 Å². The molecule has 1 aliphatic rings. The Bertz CT molecular complexity index is 917. The van der Waals surface area contributed by atoms with E-state index in [9.17, 15) is 14.7 Å². The molecule has 2 aromatic carbocycles. The second-order valence-electron chi connectivity index (χ2n) is 7.84. The molecule has 0 bridgehead atoms. The van der Waals surface area contributed by atoms with Gasteiger partial charge >= 0.3 is 5.97 Å². The molecule has 8 nitrogen and oxygen atoms in total. The molecule has 178 valence electrons. The maximum atomic E-state index is 12.8. The van der Waals surface area contributed by atoms with Gasteiger partial charge in [0.15, 0.2) is 0 Å². The molecule has 1 aliphatic heterocycles. The number of amides is 1. The van der Waals surface area contributed by atoms with Crippen molar-refractivity contribution < 1.29 is 28.9 Å². The van der Waals surface area contributed by atoms with Crippen molar-refractivity contribution in [3.8, 4) is 11.5 Å². The molecule has 3 rings (SSSR count). The molecule has 0 aliphatic carbocycles. The number of aliphatic hydroxyl groups is 1. The molecule has 0 radical (unpaired) electrons. The zero-order valence-corrected chi connectivity index (χ0v) is 19.2. The lowest BCUT2D eigenvalue weighted by atomic mass is 10.1. The van der Waals surface area contributed by atoms with Gasteiger partial charge in [-0.3, -0.25) is 9.59 Å². The number of carbonyl (C=O) groups is 2. The SMILES string of the molecule is CCOC(=O)CN1CCc2ccccc2N(CC(O)COc2ccc(OC)cc2)CCC1=O. The van der Waals surface area contributed by atoms with Gasteiger partial charge in [0.05, 0.1) is 13.7 Å². The lowest BCUT2D eigenvalue weighted by Crippen LogP contribution is -2.40. The lowest BCUT2D eigenvalue weighted by molar-refractivity contribution is -0.148. The average molecular weight is 457 g/mol. The van der Waals surface area contributed by atoms with Crippen molar-refractivity contribution in [2.45, 2.75) is 25.9 Å². The van der Waals surface area contributed by atoms with Crippen molar-refractivity contribution in [3.63, 3.8) is 0 Å². The third-order valence-electron chi connectivity index (χ3n) is 5.49. The van der Waals surface area contributed by atoms with Crippen LogP contribution in [0.4, 0.5) is 5.69 Å². The van der Waals surface area contributed by atoms with Gasteiger partial charge in [0.2, 0.25) is 5.91 Å². The van der Waals surface area contributed by atoms with E-state index >= 15 is 0 Å². The number of nitrogens with zero attached hydrogens (tertiary/aromatic N) is 2. The van der Waals surface area contributed by atoms with E-state index in [0.29, 0.717) is 31.8 Å². The summed E-state index contributed by atoms with van der Waals surface area (Å²) >= 11 is 0. The van der Waals surface area contributed by atoms with Crippen LogP contribution in [0.2, 0.25) is 0 Å². The first-order chi connectivity index (χ1) is 16.0. The first kappa shape index (κ1) is 24.4. The van der Waals surface area contributed by atoms with Crippen molar-refractivity contribution in [2.24, 2.45) is 0 Å². The molecule has 0 saturated heterocycles. The summed E-state index contributed by atoms with van der Waals surface area (Å²) in [5.74, 6) is 0.869. The highest BCUT2D eigenvalue weighted by Gasteiger charge is 2.24. The Morgan fingerprint density at radius 3 is 2.45 bits per heavy atom. The summed E-state index contributed by atoms with van der Waals surface area (Å²) in [6, 6.07) is 15.1. The fourth-order valence-electron chi connectivity index (χ4n) is 3.81. The quantitative estimate of drug-likeness (QED) is 0.579. The van der Waals surface area contributed by atoms with Crippen LogP contribution >= 0.6 is 0 Å². The fraction of sp³-hybridized carbons (Fsp3) is 0.440. The minimum Gasteiger partial charge on any atom is -0.497 e. The number of hydrogen-bond acceptors (Lipinski definition) is 7. The Morgan fingerprint density at radius 2 is 1.73 bits per heavy atom. The minimum atomic E-state index is -0.758. The van der Waals surface area contributed by atoms with Crippen molar-refractivity contribution in [2.75, 3.05) is 51.4 Å². The Kier molecular flexibility index (Phi) is 8.95. The molecule has 8 heteroatoms. The zero-order chi connectivity index (χ0) is 23.6. The first-order valence-corrected chi connectivity index (χ1v) is 11.2. The average Bonchev–Trinajstić information content (AvgIpc) is 2.88. The summed E-state index contributed by atoms with van der Waals surface area (Å²) in [5.41, 5.74) is 2.04. The van der Waals surface area contributed by atoms with E-state index in [0.717, 1.165) is 17.0 Å². The third kappa shape index (κ3) is 7.12. The molecule has 1 heterocycles. The molecule has 1 amide bonds. The number of methoxy groups -OCH3 is 1. The standard InChI is InChI=1S/C25H32N2O6/c1-3-32-25(30)17-27-14-12-19-6-4-5-7-23(19)26(15-13-24(27)29)16-20(28)18-33-22-10-8-21(31-2)9-11-22/h4-11,20,28H,3,12-18H2,1-2H3. The van der Waals surface area contributed by atoms with Gasteiger partial charge in [0.1, 0.15) is 30.8 Å². The van der Waals surface area contributed by atoms with Crippen molar-refractivity contribution in [3.05, 3.63) is 54.1 Å². The smallest absolute Gasteiger partial charge is 0.325 e. The number of benzene rings is 2. The van der Waals surface area contributed by atoms with Crippen LogP contribution in [0.1, 0.15) is 18.9 Å². The lowest BCUT2D eigenvalue weighted by Gasteiger charge is -2.28. The number of esters is 1. The summed E-state index contributed by atoms with van der Waals surface area (Å²) in [7, 11) is 1.60. The number of β-amino-alcohol motifs (C(OH)–C–C–N with tert-alkyl or cyclic N) is 1. The van der Waals surface area contributed by atoms with Gasteiger partial charge < -0.3 is 29.1 Å². The number of ether oxygens (including phenoxy) is 3. The van der Waals surface area contributed by atoms with E-state index < -0.39 is 12.1 Å². The molecule has 1 atom stereocenters. The third-order valence-corrected chi connectivity index (χ3v) is 5.49. The van der Waals surface area contributed by atoms with Gasteiger partial charge in [-0.25, -0.2) is 0 Å². The number of hydrogen-bond donors (Lipinski definition) is 1. The van der Waals surface area contributed by atoms with Crippen molar-refractivity contribution >= 4 is 17.6 Å². The molecular weight excluding hydrogens is 424 g/mol. The van der Waals surface area contributed by atoms with Gasteiger partial charge in [-0.2, -0.15) is 0 Å². The molecular formula is C25H32N2O6. The monoisotopic (exact) mass is 456 g/mol. The van der Waals surface area contributed by atoms with E-state index in [2.05, 4.69) is 0 Å². The van der Waals surface area contributed by atoms with Crippen LogP contribution in [0.25, 0.3) is 0 Å². The van der Waals surface area contributed by atoms with Crippen LogP contribution in [-0.4, -0.2) is 74.5 Å². The molecule has 0 aromatic heterocycles. The largest absolute Gasteiger partial charge is 0.497 e. The number of aliphatic hydroxyl groups excluding tert-OH is 1. The summed E-state index contributed by atoms with van der Waals surface area (Å²) in [4.78, 5) is 28.3. The first-order valence-electron chi connectivity index (χ1n) is 11.2. The highest BCUT2D eigenvalue weighted by atomic mass is 16.5. The molecule has 0 fully saturated rings. The van der Waals surface area contributed by atoms with Crippen LogP contribution in [0.3, 0.4) is 0 Å². The normalized spacial score (nSPS) is 15.1. The van der Waals surface area contributed by atoms with E-state index in [1.165, 1.54) is 0 Å². The maximum Gasteiger partial charge on any atom is 0.325 e. The van der Waals surface area contributed by atoms with E-state index in [1.807, 2.05) is 29.2 Å². The molecule has 1 unspecified atom stereocenters. The van der Waals surface area contributed by atoms with Crippen molar-refractivity contribution in [1.82, 2.24) is 4.90 Å². The molecule has 0 spiro atoms. The van der Waals surface area contributed by atoms with Crippen LogP contribution < -0.4 is 14.4 Å². The Hall–Kier alpha value is -3.26. The number of rotatable bonds is 9. The Labute approximate surface area is 194 Å². The van der Waals surface area contributed by atoms with Crippen LogP contribution in [-0.2, 0) is 20.7 Å². The van der Waals surface area contributed by atoms with Crippen LogP contribution in [0.5, 0.6) is 11.5 Å². The topological polar surface area (TPSA) is 88.5 Å². The predicted molar refractivity (Wildman–Crippen MR) is 125 cm³/mol. The predicted octanol–water partition coefficient (Wildman–Crippen LogP) is 2.28. The fourth-order valence-corrected chi connectivity index (χ4v) is 3.81. The molecule has 0 saturated carbocycles. The summed E-state index contributed by atoms with van der Waals surface area (Å²) < 4.78 is 15.9. The second kappa shape index (κ2) is 12.1. The Balaban J connectivity index is 1.66. The van der Waals surface area contributed by atoms with Gasteiger partial charge in [0, 0.05) is 31.7 Å². The number of fused-ring (bicyclic) bond motifs is 1. The Morgan fingerprint density at radius 1 is 1.03 bits per heavy atom. The number of anilines is 1. The number of para-hydroxylation sites is 1. The highest BCUT2D eigenvalue weighted by molar-refractivity contribution is 5.82. The summed E-state index contributed by atoms with van der Waals surface area (Å²) in [6.45, 7) is 3.28. The number of carbonyl (C=O) groups excluding carboxylic acids is 2. The minimum absolute atomic E-state index is 0.0484. The van der Waals surface area contributed by atoms with Gasteiger partial charge in [-0.05, 0) is 49.2 Å². The van der Waals surface area contributed by atoms with Crippen molar-refractivity contribution in [1.29, 1.82) is 0 Å². The molecule has 2 aromatic rings. The molecule has 1 N–H and O–H groups in total. The zero-order valence-electron chi connectivity index (χ0n) is 19.2. The summed E-state index contributed by atoms with van der Waals surface area (Å²) in [6.07, 6.45) is 0.0856. The van der Waals surface area contributed by atoms with E-state index in [1.54, 1.807) is 43.2 Å². The van der Waals surface area contributed by atoms with Crippen LogP contribution in [0, 0.1) is 0 Å². The summed E-state index contributed by atoms with van der Waals surface area (Å²) in [5, 5.41) is 10.7. The molecule has 33 heavy (non-hydrogen) atoms. The second-order valence-corrected chi connectivity index (χ2v) is 7.84. The van der Waals surface area contributed by atoms with E-state index in [4.69, 9.17) is 14.2 Å².